The number of anilines is 1. The highest BCUT2D eigenvalue weighted by atomic mass is 16.6. The first-order chi connectivity index (χ1) is 8.45. The number of hydrogen-bond acceptors (Lipinski definition) is 4. The monoisotopic (exact) mass is 252 g/mol. The van der Waals surface area contributed by atoms with Gasteiger partial charge in [0.25, 0.3) is 0 Å². The molecule has 1 heterocycles. The first-order valence-corrected chi connectivity index (χ1v) is 6.43. The summed E-state index contributed by atoms with van der Waals surface area (Å²) in [5, 5.41) is 18.8. The fraction of sp³-hybridized carbons (Fsp3) is 0.750. The minimum Gasteiger partial charge on any atom is -0.362 e. The first-order valence-electron chi connectivity index (χ1n) is 6.43. The predicted octanol–water partition coefficient (Wildman–Crippen LogP) is 2.66. The number of aromatic nitrogens is 2. The van der Waals surface area contributed by atoms with Gasteiger partial charge >= 0.3 is 5.69 Å². The number of nitrogens with zero attached hydrogens (tertiary/aromatic N) is 3. The van der Waals surface area contributed by atoms with Crippen LogP contribution in [-0.2, 0) is 7.05 Å². The molecule has 1 fully saturated rings. The van der Waals surface area contributed by atoms with Crippen LogP contribution in [0.4, 0.5) is 11.5 Å². The Bertz CT molecular complexity index is 467. The largest absolute Gasteiger partial charge is 0.362 e. The van der Waals surface area contributed by atoms with Gasteiger partial charge in [-0.2, -0.15) is 5.10 Å². The van der Waals surface area contributed by atoms with E-state index in [-0.39, 0.29) is 16.5 Å². The van der Waals surface area contributed by atoms with Crippen molar-refractivity contribution >= 4 is 11.5 Å². The molecule has 1 saturated carbocycles. The Hall–Kier alpha value is -1.59. The minimum atomic E-state index is -0.325. The molecule has 2 atom stereocenters. The third-order valence-corrected chi connectivity index (χ3v) is 3.55. The van der Waals surface area contributed by atoms with E-state index in [1.54, 1.807) is 11.7 Å². The quantitative estimate of drug-likeness (QED) is 0.646. The fourth-order valence-corrected chi connectivity index (χ4v) is 2.32. The Balaban J connectivity index is 2.31. The topological polar surface area (TPSA) is 73.0 Å². The summed E-state index contributed by atoms with van der Waals surface area (Å²) in [5.41, 5.74) is 0.688. The van der Waals surface area contributed by atoms with E-state index in [9.17, 15) is 10.1 Å². The molecule has 0 aliphatic heterocycles. The average Bonchev–Trinajstić information content (AvgIpc) is 2.95. The summed E-state index contributed by atoms with van der Waals surface area (Å²) >= 11 is 0. The van der Waals surface area contributed by atoms with Gasteiger partial charge in [0, 0.05) is 19.0 Å². The summed E-state index contributed by atoms with van der Waals surface area (Å²) in [5.74, 6) is 1.24. The summed E-state index contributed by atoms with van der Waals surface area (Å²) in [6.07, 6.45) is 2.20. The predicted molar refractivity (Wildman–Crippen MR) is 69.8 cm³/mol. The lowest BCUT2D eigenvalue weighted by molar-refractivity contribution is -0.384. The van der Waals surface area contributed by atoms with Crippen molar-refractivity contribution < 1.29 is 4.92 Å². The van der Waals surface area contributed by atoms with E-state index in [2.05, 4.69) is 17.3 Å². The van der Waals surface area contributed by atoms with Crippen LogP contribution in [0, 0.1) is 16.0 Å². The normalized spacial score (nSPS) is 22.3. The molecule has 0 spiro atoms. The van der Waals surface area contributed by atoms with E-state index in [1.807, 2.05) is 13.8 Å². The second-order valence-electron chi connectivity index (χ2n) is 5.27. The maximum absolute atomic E-state index is 11.2. The van der Waals surface area contributed by atoms with E-state index in [1.165, 1.54) is 0 Å². The molecule has 0 radical (unpaired) electrons. The molecule has 0 aromatic carbocycles. The van der Waals surface area contributed by atoms with Crippen LogP contribution in [-0.4, -0.2) is 20.7 Å². The zero-order valence-corrected chi connectivity index (χ0v) is 11.3. The lowest BCUT2D eigenvalue weighted by Crippen LogP contribution is -2.10. The van der Waals surface area contributed by atoms with Crippen molar-refractivity contribution in [2.24, 2.45) is 13.0 Å². The number of aryl methyl sites for hydroxylation is 1. The maximum atomic E-state index is 11.2. The van der Waals surface area contributed by atoms with E-state index in [0.717, 1.165) is 12.8 Å². The lowest BCUT2D eigenvalue weighted by atomic mass is 10.1. The van der Waals surface area contributed by atoms with E-state index >= 15 is 0 Å². The highest BCUT2D eigenvalue weighted by Gasteiger charge is 2.38. The smallest absolute Gasteiger partial charge is 0.334 e. The molecule has 6 nitrogen and oxygen atoms in total. The maximum Gasteiger partial charge on any atom is 0.334 e. The van der Waals surface area contributed by atoms with Crippen molar-refractivity contribution in [3.8, 4) is 0 Å². The van der Waals surface area contributed by atoms with Crippen LogP contribution in [0.3, 0.4) is 0 Å². The van der Waals surface area contributed by atoms with E-state index in [0.29, 0.717) is 23.5 Å². The van der Waals surface area contributed by atoms with Gasteiger partial charge in [0.2, 0.25) is 5.82 Å². The first kappa shape index (κ1) is 12.9. The van der Waals surface area contributed by atoms with Crippen molar-refractivity contribution in [3.63, 3.8) is 0 Å². The second kappa shape index (κ2) is 4.59. The summed E-state index contributed by atoms with van der Waals surface area (Å²) in [6, 6.07) is 0.365. The number of rotatable bonds is 5. The van der Waals surface area contributed by atoms with Crippen molar-refractivity contribution in [1.82, 2.24) is 9.78 Å². The molecule has 1 aliphatic carbocycles. The SMILES string of the molecule is CCC1CC1Nc1c([N+](=O)[O-])c(C(C)C)nn1C. The van der Waals surface area contributed by atoms with Crippen LogP contribution in [0.5, 0.6) is 0 Å². The highest BCUT2D eigenvalue weighted by Crippen LogP contribution is 2.40. The molecule has 1 aromatic rings. The number of nitrogens with one attached hydrogen (secondary N) is 1. The summed E-state index contributed by atoms with van der Waals surface area (Å²) < 4.78 is 1.60. The summed E-state index contributed by atoms with van der Waals surface area (Å²) in [6.45, 7) is 5.99. The number of nitro groups is 1. The molecule has 1 aliphatic rings. The van der Waals surface area contributed by atoms with Gasteiger partial charge < -0.3 is 5.32 Å². The molecule has 2 unspecified atom stereocenters. The summed E-state index contributed by atoms with van der Waals surface area (Å²) in [4.78, 5) is 10.9. The van der Waals surface area contributed by atoms with Gasteiger partial charge in [0.15, 0.2) is 0 Å². The standard InChI is InChI=1S/C12H20N4O2/c1-5-8-6-9(8)13-12-11(16(17)18)10(7(2)3)14-15(12)4/h7-9,13H,5-6H2,1-4H3. The zero-order chi connectivity index (χ0) is 13.4. The Kier molecular flexibility index (Phi) is 3.28. The van der Waals surface area contributed by atoms with E-state index < -0.39 is 0 Å². The van der Waals surface area contributed by atoms with Crippen molar-refractivity contribution in [2.45, 2.75) is 45.6 Å². The van der Waals surface area contributed by atoms with Crippen molar-refractivity contribution in [2.75, 3.05) is 5.32 Å². The van der Waals surface area contributed by atoms with Crippen LogP contribution in [0.15, 0.2) is 0 Å². The third kappa shape index (κ3) is 2.19. The lowest BCUT2D eigenvalue weighted by Gasteiger charge is -2.05. The van der Waals surface area contributed by atoms with Crippen LogP contribution in [0.25, 0.3) is 0 Å². The molecule has 6 heteroatoms. The molecule has 100 valence electrons. The minimum absolute atomic E-state index is 0.0494. The zero-order valence-electron chi connectivity index (χ0n) is 11.3. The number of hydrogen-bond donors (Lipinski definition) is 1. The fourth-order valence-electron chi connectivity index (χ4n) is 2.32. The molecule has 1 N–H and O–H groups in total. The van der Waals surface area contributed by atoms with E-state index in [4.69, 9.17) is 0 Å². The van der Waals surface area contributed by atoms with Crippen LogP contribution in [0.1, 0.15) is 45.2 Å². The van der Waals surface area contributed by atoms with Crippen LogP contribution >= 0.6 is 0 Å². The molecular formula is C12H20N4O2. The highest BCUT2D eigenvalue weighted by molar-refractivity contribution is 5.61. The van der Waals surface area contributed by atoms with Gasteiger partial charge in [-0.15, -0.1) is 0 Å². The molecule has 2 rings (SSSR count). The average molecular weight is 252 g/mol. The van der Waals surface area contributed by atoms with Gasteiger partial charge in [-0.05, 0) is 12.3 Å². The molecule has 0 amide bonds. The van der Waals surface area contributed by atoms with Crippen molar-refractivity contribution in [1.29, 1.82) is 0 Å². The van der Waals surface area contributed by atoms with Crippen LogP contribution < -0.4 is 5.32 Å². The molecule has 0 bridgehead atoms. The Morgan fingerprint density at radius 3 is 2.72 bits per heavy atom. The third-order valence-electron chi connectivity index (χ3n) is 3.55. The molecule has 1 aromatic heterocycles. The van der Waals surface area contributed by atoms with Crippen LogP contribution in [0.2, 0.25) is 0 Å². The second-order valence-corrected chi connectivity index (χ2v) is 5.27. The van der Waals surface area contributed by atoms with Crippen molar-refractivity contribution in [3.05, 3.63) is 15.8 Å². The Labute approximate surface area is 107 Å². The van der Waals surface area contributed by atoms with Gasteiger partial charge in [0.1, 0.15) is 5.69 Å². The van der Waals surface area contributed by atoms with Gasteiger partial charge in [-0.3, -0.25) is 10.1 Å². The van der Waals surface area contributed by atoms with Gasteiger partial charge in [-0.25, -0.2) is 4.68 Å². The Morgan fingerprint density at radius 1 is 1.61 bits per heavy atom. The van der Waals surface area contributed by atoms with Gasteiger partial charge in [0.05, 0.1) is 4.92 Å². The summed E-state index contributed by atoms with van der Waals surface area (Å²) in [7, 11) is 1.75. The molecule has 18 heavy (non-hydrogen) atoms. The Morgan fingerprint density at radius 2 is 2.28 bits per heavy atom. The van der Waals surface area contributed by atoms with Gasteiger partial charge in [-0.1, -0.05) is 27.2 Å². The molecule has 0 saturated heterocycles. The molecular weight excluding hydrogens is 232 g/mol.